The van der Waals surface area contributed by atoms with E-state index in [-0.39, 0.29) is 0 Å². The zero-order chi connectivity index (χ0) is 12.8. The van der Waals surface area contributed by atoms with Crippen molar-refractivity contribution in [2.45, 2.75) is 32.4 Å². The quantitative estimate of drug-likeness (QED) is 0.784. The lowest BCUT2D eigenvalue weighted by Gasteiger charge is -2.19. The summed E-state index contributed by atoms with van der Waals surface area (Å²) in [6.07, 6.45) is 4.13. The third-order valence-electron chi connectivity index (χ3n) is 3.07. The van der Waals surface area contributed by atoms with Crippen molar-refractivity contribution >= 4 is 0 Å². The van der Waals surface area contributed by atoms with Gasteiger partial charge in [0.05, 0.1) is 0 Å². The number of nitrogens with one attached hydrogen (secondary N) is 1. The van der Waals surface area contributed by atoms with Crippen molar-refractivity contribution in [2.75, 3.05) is 13.2 Å². The summed E-state index contributed by atoms with van der Waals surface area (Å²) in [5.41, 5.74) is 1.23. The minimum Gasteiger partial charge on any atom is -0.486 e. The van der Waals surface area contributed by atoms with Crippen molar-refractivity contribution in [3.63, 3.8) is 0 Å². The van der Waals surface area contributed by atoms with Gasteiger partial charge in [0.25, 0.3) is 0 Å². The number of ether oxygens (including phenoxy) is 2. The van der Waals surface area contributed by atoms with E-state index in [9.17, 15) is 0 Å². The molecule has 0 bridgehead atoms. The molecule has 0 aliphatic carbocycles. The molecule has 0 spiro atoms. The fourth-order valence-electron chi connectivity index (χ4n) is 1.96. The van der Waals surface area contributed by atoms with Crippen molar-refractivity contribution in [2.24, 2.45) is 0 Å². The Hall–Kier alpha value is -1.48. The zero-order valence-electron chi connectivity index (χ0n) is 10.9. The van der Waals surface area contributed by atoms with Crippen LogP contribution in [0.5, 0.6) is 11.5 Å². The predicted octanol–water partition coefficient (Wildman–Crippen LogP) is 2.90. The summed E-state index contributed by atoms with van der Waals surface area (Å²) < 4.78 is 11.1. The second-order valence-electron chi connectivity index (χ2n) is 4.63. The van der Waals surface area contributed by atoms with Crippen LogP contribution in [0.1, 0.15) is 25.3 Å². The van der Waals surface area contributed by atoms with Gasteiger partial charge in [-0.3, -0.25) is 0 Å². The Balaban J connectivity index is 1.87. The molecule has 0 saturated heterocycles. The van der Waals surface area contributed by atoms with Gasteiger partial charge < -0.3 is 14.8 Å². The van der Waals surface area contributed by atoms with Gasteiger partial charge in [0.15, 0.2) is 11.5 Å². The van der Waals surface area contributed by atoms with Crippen LogP contribution in [-0.4, -0.2) is 19.3 Å². The molecule has 1 aromatic carbocycles. The van der Waals surface area contributed by atoms with E-state index < -0.39 is 0 Å². The molecule has 3 heteroatoms. The Kier molecular flexibility index (Phi) is 4.65. The summed E-state index contributed by atoms with van der Waals surface area (Å²) >= 11 is 0. The second kappa shape index (κ2) is 6.45. The summed E-state index contributed by atoms with van der Waals surface area (Å²) in [4.78, 5) is 0. The van der Waals surface area contributed by atoms with E-state index in [1.54, 1.807) is 0 Å². The predicted molar refractivity (Wildman–Crippen MR) is 73.2 cm³/mol. The van der Waals surface area contributed by atoms with Crippen LogP contribution < -0.4 is 14.8 Å². The Morgan fingerprint density at radius 1 is 1.33 bits per heavy atom. The van der Waals surface area contributed by atoms with Crippen molar-refractivity contribution in [1.29, 1.82) is 0 Å². The van der Waals surface area contributed by atoms with Gasteiger partial charge in [-0.2, -0.15) is 0 Å². The van der Waals surface area contributed by atoms with E-state index in [0.29, 0.717) is 19.3 Å². The van der Waals surface area contributed by atoms with Gasteiger partial charge in [0.2, 0.25) is 0 Å². The highest BCUT2D eigenvalue weighted by Crippen LogP contribution is 2.30. The maximum absolute atomic E-state index is 5.57. The number of benzene rings is 1. The summed E-state index contributed by atoms with van der Waals surface area (Å²) in [6, 6.07) is 6.62. The third kappa shape index (κ3) is 3.50. The van der Waals surface area contributed by atoms with Crippen LogP contribution >= 0.6 is 0 Å². The highest BCUT2D eigenvalue weighted by molar-refractivity contribution is 5.43. The Morgan fingerprint density at radius 3 is 2.89 bits per heavy atom. The molecule has 0 amide bonds. The average molecular weight is 247 g/mol. The highest BCUT2D eigenvalue weighted by atomic mass is 16.6. The van der Waals surface area contributed by atoms with Gasteiger partial charge in [-0.05, 0) is 37.5 Å². The molecule has 0 saturated carbocycles. The first-order valence-corrected chi connectivity index (χ1v) is 6.52. The van der Waals surface area contributed by atoms with Crippen LogP contribution in [0.3, 0.4) is 0 Å². The maximum Gasteiger partial charge on any atom is 0.161 e. The first-order valence-electron chi connectivity index (χ1n) is 6.52. The molecule has 1 aliphatic heterocycles. The molecule has 98 valence electrons. The topological polar surface area (TPSA) is 30.5 Å². The van der Waals surface area contributed by atoms with Gasteiger partial charge in [0.1, 0.15) is 13.2 Å². The molecule has 1 heterocycles. The molecule has 1 aliphatic rings. The first kappa shape index (κ1) is 13.0. The normalized spacial score (nSPS) is 15.2. The second-order valence-corrected chi connectivity index (χ2v) is 4.63. The summed E-state index contributed by atoms with van der Waals surface area (Å²) in [5, 5.41) is 3.50. The van der Waals surface area contributed by atoms with Crippen LogP contribution in [0, 0.1) is 0 Å². The van der Waals surface area contributed by atoms with Crippen LogP contribution in [0.2, 0.25) is 0 Å². The largest absolute Gasteiger partial charge is 0.486 e. The fourth-order valence-corrected chi connectivity index (χ4v) is 1.96. The number of allylic oxidation sites excluding steroid dienone is 1. The van der Waals surface area contributed by atoms with Crippen LogP contribution in [0.4, 0.5) is 0 Å². The molecule has 3 nitrogen and oxygen atoms in total. The summed E-state index contributed by atoms with van der Waals surface area (Å²) in [6.45, 7) is 8.07. The van der Waals surface area contributed by atoms with E-state index in [4.69, 9.17) is 9.47 Å². The lowest BCUT2D eigenvalue weighted by atomic mass is 10.1. The molecule has 0 aromatic heterocycles. The van der Waals surface area contributed by atoms with Gasteiger partial charge in [-0.1, -0.05) is 12.1 Å². The summed E-state index contributed by atoms with van der Waals surface area (Å²) in [7, 11) is 0. The zero-order valence-corrected chi connectivity index (χ0v) is 10.9. The van der Waals surface area contributed by atoms with Crippen LogP contribution in [0.15, 0.2) is 30.9 Å². The van der Waals surface area contributed by atoms with Gasteiger partial charge >= 0.3 is 0 Å². The Bertz CT molecular complexity index is 403. The lowest BCUT2D eigenvalue weighted by Crippen LogP contribution is -2.25. The smallest absolute Gasteiger partial charge is 0.161 e. The monoisotopic (exact) mass is 247 g/mol. The van der Waals surface area contributed by atoms with E-state index in [2.05, 4.69) is 31.0 Å². The van der Waals surface area contributed by atoms with Crippen molar-refractivity contribution in [3.05, 3.63) is 36.4 Å². The maximum atomic E-state index is 5.57. The molecule has 1 N–H and O–H groups in total. The molecular weight excluding hydrogens is 226 g/mol. The van der Waals surface area contributed by atoms with Crippen LogP contribution in [0.25, 0.3) is 0 Å². The molecular formula is C15H21NO2. The fraction of sp³-hybridized carbons (Fsp3) is 0.467. The first-order chi connectivity index (χ1) is 8.79. The van der Waals surface area contributed by atoms with E-state index in [1.165, 1.54) is 5.56 Å². The van der Waals surface area contributed by atoms with Gasteiger partial charge in [-0.15, -0.1) is 6.58 Å². The highest BCUT2D eigenvalue weighted by Gasteiger charge is 2.11. The van der Waals surface area contributed by atoms with Crippen molar-refractivity contribution in [1.82, 2.24) is 5.32 Å². The third-order valence-corrected chi connectivity index (χ3v) is 3.07. The number of rotatable bonds is 6. The minimum atomic E-state index is 0.496. The molecule has 18 heavy (non-hydrogen) atoms. The summed E-state index contributed by atoms with van der Waals surface area (Å²) in [5.74, 6) is 1.71. The van der Waals surface area contributed by atoms with Crippen LogP contribution in [-0.2, 0) is 6.54 Å². The molecule has 1 unspecified atom stereocenters. The molecule has 0 radical (unpaired) electrons. The number of fused-ring (bicyclic) bond motifs is 1. The SMILES string of the molecule is C=CCCC(C)NCc1ccc2c(c1)OCCO2. The molecule has 2 rings (SSSR count). The standard InChI is InChI=1S/C15H21NO2/c1-3-4-5-12(2)16-11-13-6-7-14-15(10-13)18-9-8-17-14/h3,6-7,10,12,16H,1,4-5,8-9,11H2,2H3. The van der Waals surface area contributed by atoms with Gasteiger partial charge in [0, 0.05) is 12.6 Å². The lowest BCUT2D eigenvalue weighted by molar-refractivity contribution is 0.171. The molecule has 1 aromatic rings. The molecule has 0 fully saturated rings. The average Bonchev–Trinajstić information content (AvgIpc) is 2.42. The van der Waals surface area contributed by atoms with E-state index in [0.717, 1.165) is 30.9 Å². The Labute approximate surface area is 109 Å². The van der Waals surface area contributed by atoms with Crippen molar-refractivity contribution in [3.8, 4) is 11.5 Å². The van der Waals surface area contributed by atoms with Gasteiger partial charge in [-0.25, -0.2) is 0 Å². The Morgan fingerprint density at radius 2 is 2.11 bits per heavy atom. The molecule has 1 atom stereocenters. The van der Waals surface area contributed by atoms with Crippen molar-refractivity contribution < 1.29 is 9.47 Å². The minimum absolute atomic E-state index is 0.496. The number of hydrogen-bond acceptors (Lipinski definition) is 3. The van der Waals surface area contributed by atoms with E-state index in [1.807, 2.05) is 12.1 Å². The van der Waals surface area contributed by atoms with E-state index >= 15 is 0 Å². The number of hydrogen-bond donors (Lipinski definition) is 1.